The number of nitrogens with zero attached hydrogens (tertiary/aromatic N) is 1. The van der Waals surface area contributed by atoms with Crippen LogP contribution >= 0.6 is 0 Å². The Kier molecular flexibility index (Phi) is 5.56. The van der Waals surface area contributed by atoms with Gasteiger partial charge in [0.15, 0.2) is 0 Å². The van der Waals surface area contributed by atoms with Gasteiger partial charge in [-0.05, 0) is 12.9 Å². The van der Waals surface area contributed by atoms with Gasteiger partial charge in [0, 0.05) is 27.5 Å². The molecule has 0 aromatic heterocycles. The van der Waals surface area contributed by atoms with Gasteiger partial charge in [-0.15, -0.1) is 0 Å². The first-order chi connectivity index (χ1) is 7.74. The molecule has 0 unspecified atom stereocenters. The van der Waals surface area contributed by atoms with Crippen LogP contribution in [0.5, 0.6) is 0 Å². The van der Waals surface area contributed by atoms with Gasteiger partial charge in [0.05, 0.1) is 6.54 Å². The van der Waals surface area contributed by atoms with E-state index in [9.17, 15) is 4.79 Å². The minimum atomic E-state index is -0.299. The summed E-state index contributed by atoms with van der Waals surface area (Å²) < 4.78 is 7.69. The third-order valence-electron chi connectivity index (χ3n) is 2.57. The van der Waals surface area contributed by atoms with E-state index in [2.05, 4.69) is 17.6 Å². The van der Waals surface area contributed by atoms with Crippen LogP contribution in [0.2, 0.25) is 0 Å². The van der Waals surface area contributed by atoms with E-state index in [1.54, 1.807) is 0 Å². The fourth-order valence-electron chi connectivity index (χ4n) is 1.59. The number of amides is 1. The number of unbranched alkanes of at least 4 members (excludes halogenated alkanes) is 1. The average Bonchev–Trinajstić information content (AvgIpc) is 2.34. The van der Waals surface area contributed by atoms with Gasteiger partial charge in [0.2, 0.25) is 5.91 Å². The molecule has 0 bridgehead atoms. The lowest BCUT2D eigenvalue weighted by molar-refractivity contribution is -0.130. The van der Waals surface area contributed by atoms with E-state index in [4.69, 9.17) is 1.37 Å². The number of hydrogen-bond donors (Lipinski definition) is 2. The number of hydrogen-bond acceptors (Lipinski definition) is 3. The quantitative estimate of drug-likeness (QED) is 0.664. The number of nitrogens with one attached hydrogen (secondary N) is 2. The van der Waals surface area contributed by atoms with Gasteiger partial charge in [-0.2, -0.15) is 0 Å². The molecule has 4 nitrogen and oxygen atoms in total. The number of rotatable bonds is 6. The Labute approximate surface area is 93.8 Å². The fraction of sp³-hybridized carbons (Fsp3) is 0.909. The maximum Gasteiger partial charge on any atom is 0.236 e. The molecular weight excluding hydrogens is 190 g/mol. The van der Waals surface area contributed by atoms with Crippen LogP contribution in [0.3, 0.4) is 0 Å². The summed E-state index contributed by atoms with van der Waals surface area (Å²) in [5.41, 5.74) is 0. The Hall–Kier alpha value is -0.610. The topological polar surface area (TPSA) is 44.4 Å². The highest BCUT2D eigenvalue weighted by Gasteiger charge is 2.14. The summed E-state index contributed by atoms with van der Waals surface area (Å²) in [5, 5.41) is 6.18. The van der Waals surface area contributed by atoms with E-state index in [1.165, 1.54) is 0 Å². The van der Waals surface area contributed by atoms with Crippen LogP contribution in [0.15, 0.2) is 0 Å². The smallest absolute Gasteiger partial charge is 0.236 e. The third-order valence-corrected chi connectivity index (χ3v) is 2.57. The first-order valence-corrected chi connectivity index (χ1v) is 5.88. The molecule has 0 aliphatic carbocycles. The van der Waals surface area contributed by atoms with Crippen LogP contribution in [0.25, 0.3) is 0 Å². The minimum absolute atomic E-state index is 0.121. The predicted molar refractivity (Wildman–Crippen MR) is 61.8 cm³/mol. The van der Waals surface area contributed by atoms with Crippen LogP contribution in [0.1, 0.15) is 27.6 Å². The zero-order chi connectivity index (χ0) is 11.8. The van der Waals surface area contributed by atoms with Gasteiger partial charge in [-0.1, -0.05) is 19.8 Å². The Morgan fingerprint density at radius 1 is 1.47 bits per heavy atom. The van der Waals surface area contributed by atoms with Crippen molar-refractivity contribution in [3.05, 3.63) is 0 Å². The molecule has 1 fully saturated rings. The van der Waals surface area contributed by atoms with Crippen LogP contribution < -0.4 is 10.6 Å². The molecule has 4 heteroatoms. The van der Waals surface area contributed by atoms with Crippen molar-refractivity contribution in [1.29, 1.82) is 0 Å². The standard InChI is InChI=1S/C11H23N3O/c1-2-3-4-5-13-10-11(15)14-8-6-12-7-9-14/h12-13H,2-10H2,1H3/i5D/t5-/m0/s1. The Morgan fingerprint density at radius 2 is 2.20 bits per heavy atom. The van der Waals surface area contributed by atoms with E-state index >= 15 is 0 Å². The molecule has 0 saturated carbocycles. The lowest BCUT2D eigenvalue weighted by Gasteiger charge is -2.27. The van der Waals surface area contributed by atoms with Crippen molar-refractivity contribution < 1.29 is 6.17 Å². The zero-order valence-electron chi connectivity index (χ0n) is 10.6. The highest BCUT2D eigenvalue weighted by molar-refractivity contribution is 5.78. The van der Waals surface area contributed by atoms with Crippen LogP contribution in [-0.4, -0.2) is 50.1 Å². The third kappa shape index (κ3) is 5.14. The second kappa shape index (κ2) is 7.65. The summed E-state index contributed by atoms with van der Waals surface area (Å²) in [6, 6.07) is 0. The molecule has 1 atom stereocenters. The van der Waals surface area contributed by atoms with Crippen molar-refractivity contribution in [2.75, 3.05) is 39.2 Å². The highest BCUT2D eigenvalue weighted by atomic mass is 16.2. The Balaban J connectivity index is 2.13. The normalized spacial score (nSPS) is 19.8. The molecule has 1 aliphatic rings. The van der Waals surface area contributed by atoms with E-state index < -0.39 is 0 Å². The van der Waals surface area contributed by atoms with Crippen molar-refractivity contribution in [2.45, 2.75) is 26.2 Å². The first-order valence-electron chi connectivity index (χ1n) is 6.46. The average molecular weight is 214 g/mol. The fourth-order valence-corrected chi connectivity index (χ4v) is 1.59. The Morgan fingerprint density at radius 3 is 2.87 bits per heavy atom. The summed E-state index contributed by atoms with van der Waals surface area (Å²) >= 11 is 0. The summed E-state index contributed by atoms with van der Waals surface area (Å²) in [4.78, 5) is 13.6. The summed E-state index contributed by atoms with van der Waals surface area (Å²) in [6.45, 7) is 5.46. The second-order valence-corrected chi connectivity index (χ2v) is 3.86. The molecule has 0 radical (unpaired) electrons. The molecule has 15 heavy (non-hydrogen) atoms. The predicted octanol–water partition coefficient (Wildman–Crippen LogP) is 0.198. The molecule has 0 aromatic carbocycles. The van der Waals surface area contributed by atoms with E-state index in [0.29, 0.717) is 6.54 Å². The van der Waals surface area contributed by atoms with E-state index in [1.807, 2.05) is 4.90 Å². The lowest BCUT2D eigenvalue weighted by atomic mass is 10.2. The van der Waals surface area contributed by atoms with E-state index in [-0.39, 0.29) is 12.4 Å². The molecule has 88 valence electrons. The van der Waals surface area contributed by atoms with Gasteiger partial charge in [0.1, 0.15) is 0 Å². The minimum Gasteiger partial charge on any atom is -0.339 e. The summed E-state index contributed by atoms with van der Waals surface area (Å²) in [7, 11) is 0. The SMILES string of the molecule is [2H][C@@H](CCCC)NCC(=O)N1CCNCC1. The molecule has 1 rings (SSSR count). The van der Waals surface area contributed by atoms with Gasteiger partial charge in [-0.3, -0.25) is 4.79 Å². The van der Waals surface area contributed by atoms with Crippen LogP contribution in [-0.2, 0) is 4.79 Å². The molecule has 0 spiro atoms. The number of carbonyl (C=O) groups is 1. The van der Waals surface area contributed by atoms with Crippen molar-refractivity contribution in [2.24, 2.45) is 0 Å². The van der Waals surface area contributed by atoms with Crippen molar-refractivity contribution in [1.82, 2.24) is 15.5 Å². The molecule has 1 aliphatic heterocycles. The Bertz CT molecular complexity index is 207. The lowest BCUT2D eigenvalue weighted by Crippen LogP contribution is -2.49. The number of piperazine rings is 1. The largest absolute Gasteiger partial charge is 0.339 e. The van der Waals surface area contributed by atoms with Crippen LogP contribution in [0, 0.1) is 0 Å². The summed E-state index contributed by atoms with van der Waals surface area (Å²) in [6.07, 6.45) is 2.97. The molecule has 1 saturated heterocycles. The maximum absolute atomic E-state index is 11.7. The summed E-state index contributed by atoms with van der Waals surface area (Å²) in [5.74, 6) is 0.121. The highest BCUT2D eigenvalue weighted by Crippen LogP contribution is 1.93. The van der Waals surface area contributed by atoms with Crippen molar-refractivity contribution in [3.8, 4) is 0 Å². The van der Waals surface area contributed by atoms with Gasteiger partial charge >= 0.3 is 0 Å². The maximum atomic E-state index is 11.7. The monoisotopic (exact) mass is 214 g/mol. The zero-order valence-corrected chi connectivity index (χ0v) is 9.59. The molecule has 0 aromatic rings. The van der Waals surface area contributed by atoms with Gasteiger partial charge in [0.25, 0.3) is 0 Å². The van der Waals surface area contributed by atoms with Crippen molar-refractivity contribution >= 4 is 5.91 Å². The molecule has 1 amide bonds. The van der Waals surface area contributed by atoms with E-state index in [0.717, 1.165) is 45.4 Å². The molecule has 1 heterocycles. The first kappa shape index (κ1) is 10.9. The van der Waals surface area contributed by atoms with Crippen molar-refractivity contribution in [3.63, 3.8) is 0 Å². The molecular formula is C11H23N3O. The molecule has 2 N–H and O–H groups in total. The van der Waals surface area contributed by atoms with Gasteiger partial charge in [-0.25, -0.2) is 0 Å². The van der Waals surface area contributed by atoms with Crippen LogP contribution in [0.4, 0.5) is 0 Å². The van der Waals surface area contributed by atoms with Gasteiger partial charge < -0.3 is 15.5 Å². The second-order valence-electron chi connectivity index (χ2n) is 3.86. The number of carbonyl (C=O) groups excluding carboxylic acids is 1.